The van der Waals surface area contributed by atoms with Crippen LogP contribution in [-0.2, 0) is 0 Å². The van der Waals surface area contributed by atoms with Gasteiger partial charge in [-0.05, 0) is 30.4 Å². The molecule has 7 heteroatoms. The normalized spacial score (nSPS) is 11.0. The van der Waals surface area contributed by atoms with Crippen molar-refractivity contribution in [1.82, 2.24) is 19.9 Å². The minimum atomic E-state index is 0.404. The first-order valence-electron chi connectivity index (χ1n) is 6.55. The summed E-state index contributed by atoms with van der Waals surface area (Å²) in [5.41, 5.74) is 1.68. The van der Waals surface area contributed by atoms with E-state index < -0.39 is 0 Å². The molecule has 110 valence electrons. The molecule has 0 amide bonds. The highest BCUT2D eigenvalue weighted by atomic mass is 32.1. The van der Waals surface area contributed by atoms with E-state index in [0.717, 1.165) is 11.1 Å². The summed E-state index contributed by atoms with van der Waals surface area (Å²) in [5.74, 6) is 1.29. The average Bonchev–Trinajstić information content (AvgIpc) is 2.94. The summed E-state index contributed by atoms with van der Waals surface area (Å²) in [6, 6.07) is 11.3. The third-order valence-corrected chi connectivity index (χ3v) is 3.27. The molecule has 0 atom stereocenters. The zero-order chi connectivity index (χ0) is 15.4. The van der Waals surface area contributed by atoms with Crippen LogP contribution in [0.15, 0.2) is 53.9 Å². The van der Waals surface area contributed by atoms with Gasteiger partial charge in [0.2, 0.25) is 4.77 Å². The maximum Gasteiger partial charge on any atom is 0.216 e. The third kappa shape index (κ3) is 2.79. The quantitative estimate of drug-likeness (QED) is 0.594. The number of nitrogens with one attached hydrogen (secondary N) is 1. The van der Waals surface area contributed by atoms with Crippen molar-refractivity contribution >= 4 is 18.4 Å². The summed E-state index contributed by atoms with van der Waals surface area (Å²) in [5, 5.41) is 11.4. The highest BCUT2D eigenvalue weighted by Crippen LogP contribution is 2.27. The molecule has 2 aromatic heterocycles. The number of hydrogen-bond donors (Lipinski definition) is 1. The van der Waals surface area contributed by atoms with Crippen molar-refractivity contribution < 1.29 is 4.74 Å². The molecule has 3 rings (SSSR count). The zero-order valence-corrected chi connectivity index (χ0v) is 12.6. The maximum absolute atomic E-state index is 5.36. The van der Waals surface area contributed by atoms with Crippen molar-refractivity contribution in [3.63, 3.8) is 0 Å². The summed E-state index contributed by atoms with van der Waals surface area (Å²) in [6.07, 6.45) is 5.11. The van der Waals surface area contributed by atoms with Crippen molar-refractivity contribution in [1.29, 1.82) is 0 Å². The molecular weight excluding hydrogens is 298 g/mol. The Bertz CT molecular complexity index is 854. The van der Waals surface area contributed by atoms with Gasteiger partial charge in [0.1, 0.15) is 5.75 Å². The summed E-state index contributed by atoms with van der Waals surface area (Å²) in [6.45, 7) is 0. The Morgan fingerprint density at radius 2 is 2.14 bits per heavy atom. The SMILES string of the molecule is COc1ccccc1-c1n[nH]c(=S)n1/N=C\c1cccnc1. The van der Waals surface area contributed by atoms with Crippen LogP contribution in [-0.4, -0.2) is 33.2 Å². The molecule has 0 aliphatic heterocycles. The third-order valence-electron chi connectivity index (χ3n) is 3.01. The van der Waals surface area contributed by atoms with E-state index in [-0.39, 0.29) is 0 Å². The van der Waals surface area contributed by atoms with Crippen molar-refractivity contribution in [3.05, 3.63) is 59.1 Å². The van der Waals surface area contributed by atoms with Gasteiger partial charge in [0.15, 0.2) is 5.82 Å². The Labute approximate surface area is 132 Å². The molecule has 0 aliphatic rings. The number of nitrogens with zero attached hydrogens (tertiary/aromatic N) is 4. The van der Waals surface area contributed by atoms with E-state index >= 15 is 0 Å². The first-order chi connectivity index (χ1) is 10.8. The van der Waals surface area contributed by atoms with Gasteiger partial charge in [-0.25, -0.2) is 5.10 Å². The molecule has 0 saturated carbocycles. The van der Waals surface area contributed by atoms with E-state index in [1.165, 1.54) is 0 Å². The predicted molar refractivity (Wildman–Crippen MR) is 86.6 cm³/mol. The lowest BCUT2D eigenvalue weighted by atomic mass is 10.2. The number of aromatic amines is 1. The second kappa shape index (κ2) is 6.31. The number of rotatable bonds is 4. The fourth-order valence-electron chi connectivity index (χ4n) is 1.98. The Hall–Kier alpha value is -2.80. The van der Waals surface area contributed by atoms with E-state index in [0.29, 0.717) is 16.3 Å². The lowest BCUT2D eigenvalue weighted by molar-refractivity contribution is 0.416. The number of ether oxygens (including phenoxy) is 1. The second-order valence-corrected chi connectivity index (χ2v) is 4.78. The molecule has 0 aliphatic carbocycles. The van der Waals surface area contributed by atoms with Gasteiger partial charge >= 0.3 is 0 Å². The van der Waals surface area contributed by atoms with Crippen LogP contribution < -0.4 is 4.74 Å². The minimum Gasteiger partial charge on any atom is -0.496 e. The maximum atomic E-state index is 5.36. The van der Waals surface area contributed by atoms with Crippen molar-refractivity contribution in [2.75, 3.05) is 7.11 Å². The smallest absolute Gasteiger partial charge is 0.216 e. The number of H-pyrrole nitrogens is 1. The topological polar surface area (TPSA) is 68.1 Å². The number of hydrogen-bond acceptors (Lipinski definition) is 5. The minimum absolute atomic E-state index is 0.404. The highest BCUT2D eigenvalue weighted by Gasteiger charge is 2.12. The van der Waals surface area contributed by atoms with Crippen LogP contribution in [0.25, 0.3) is 11.4 Å². The molecule has 0 spiro atoms. The number of benzene rings is 1. The highest BCUT2D eigenvalue weighted by molar-refractivity contribution is 7.71. The van der Waals surface area contributed by atoms with E-state index in [4.69, 9.17) is 17.0 Å². The van der Waals surface area contributed by atoms with E-state index in [1.54, 1.807) is 30.4 Å². The van der Waals surface area contributed by atoms with E-state index in [2.05, 4.69) is 20.3 Å². The molecule has 1 aromatic carbocycles. The van der Waals surface area contributed by atoms with Crippen molar-refractivity contribution in [3.8, 4) is 17.1 Å². The van der Waals surface area contributed by atoms with Crippen LogP contribution in [0.3, 0.4) is 0 Å². The van der Waals surface area contributed by atoms with E-state index in [1.807, 2.05) is 36.4 Å². The summed E-state index contributed by atoms with van der Waals surface area (Å²) in [7, 11) is 1.61. The Balaban J connectivity index is 2.05. The Morgan fingerprint density at radius 3 is 2.91 bits per heavy atom. The molecule has 0 unspecified atom stereocenters. The van der Waals surface area contributed by atoms with Crippen LogP contribution in [0.2, 0.25) is 0 Å². The van der Waals surface area contributed by atoms with E-state index in [9.17, 15) is 0 Å². The molecule has 0 fully saturated rings. The fourth-order valence-corrected chi connectivity index (χ4v) is 2.16. The molecule has 1 N–H and O–H groups in total. The molecule has 22 heavy (non-hydrogen) atoms. The Morgan fingerprint density at radius 1 is 1.27 bits per heavy atom. The number of aromatic nitrogens is 4. The number of pyridine rings is 1. The van der Waals surface area contributed by atoms with Gasteiger partial charge in [0.25, 0.3) is 0 Å². The fraction of sp³-hybridized carbons (Fsp3) is 0.0667. The number of methoxy groups -OCH3 is 1. The molecule has 6 nitrogen and oxygen atoms in total. The van der Waals surface area contributed by atoms with Crippen molar-refractivity contribution in [2.24, 2.45) is 5.10 Å². The Kier molecular flexibility index (Phi) is 4.06. The largest absolute Gasteiger partial charge is 0.496 e. The monoisotopic (exact) mass is 311 g/mol. The van der Waals surface area contributed by atoms with Crippen LogP contribution in [0.1, 0.15) is 5.56 Å². The summed E-state index contributed by atoms with van der Waals surface area (Å²) >= 11 is 5.24. The van der Waals surface area contributed by atoms with Gasteiger partial charge in [0.05, 0.1) is 18.9 Å². The molecule has 3 aromatic rings. The second-order valence-electron chi connectivity index (χ2n) is 4.40. The van der Waals surface area contributed by atoms with Crippen LogP contribution in [0.5, 0.6) is 5.75 Å². The lowest BCUT2D eigenvalue weighted by Crippen LogP contribution is -1.97. The number of para-hydroxylation sites is 1. The summed E-state index contributed by atoms with van der Waals surface area (Å²) in [4.78, 5) is 4.05. The van der Waals surface area contributed by atoms with Crippen LogP contribution in [0, 0.1) is 4.77 Å². The van der Waals surface area contributed by atoms with Gasteiger partial charge in [-0.3, -0.25) is 4.98 Å². The van der Waals surface area contributed by atoms with Gasteiger partial charge in [0, 0.05) is 18.0 Å². The summed E-state index contributed by atoms with van der Waals surface area (Å²) < 4.78 is 7.32. The molecule has 0 saturated heterocycles. The molecule has 2 heterocycles. The zero-order valence-electron chi connectivity index (χ0n) is 11.8. The van der Waals surface area contributed by atoms with Crippen LogP contribution >= 0.6 is 12.2 Å². The predicted octanol–water partition coefficient (Wildman–Crippen LogP) is 2.89. The van der Waals surface area contributed by atoms with Crippen LogP contribution in [0.4, 0.5) is 0 Å². The van der Waals surface area contributed by atoms with Crippen molar-refractivity contribution in [2.45, 2.75) is 0 Å². The van der Waals surface area contributed by atoms with Gasteiger partial charge in [-0.15, -0.1) is 0 Å². The standard InChI is InChI=1S/C15H13N5OS/c1-21-13-7-3-2-6-12(13)14-18-19-15(22)20(14)17-10-11-5-4-8-16-9-11/h2-10H,1H3,(H,19,22)/b17-10-. The average molecular weight is 311 g/mol. The first kappa shape index (κ1) is 14.2. The molecule has 0 bridgehead atoms. The van der Waals surface area contributed by atoms with Gasteiger partial charge in [-0.1, -0.05) is 18.2 Å². The molecular formula is C15H13N5OS. The lowest BCUT2D eigenvalue weighted by Gasteiger charge is -2.06. The molecule has 0 radical (unpaired) electrons. The first-order valence-corrected chi connectivity index (χ1v) is 6.95. The van der Waals surface area contributed by atoms with Gasteiger partial charge in [-0.2, -0.15) is 14.9 Å². The van der Waals surface area contributed by atoms with Gasteiger partial charge < -0.3 is 4.74 Å².